The monoisotopic (exact) mass is 452 g/mol. The molecule has 164 valence electrons. The van der Waals surface area contributed by atoms with Gasteiger partial charge < -0.3 is 9.47 Å². The van der Waals surface area contributed by atoms with Crippen molar-refractivity contribution in [2.75, 3.05) is 39.3 Å². The van der Waals surface area contributed by atoms with Crippen LogP contribution in [0, 0.1) is 13.8 Å². The number of aryl methyl sites for hydroxylation is 1. The lowest BCUT2D eigenvalue weighted by atomic mass is 10.2. The number of carbonyl (C=O) groups excluding carboxylic acids is 1. The maximum Gasteiger partial charge on any atom is 0.282 e. The quantitative estimate of drug-likeness (QED) is 0.676. The van der Waals surface area contributed by atoms with Crippen LogP contribution in [0.2, 0.25) is 5.02 Å². The van der Waals surface area contributed by atoms with E-state index in [0.717, 1.165) is 17.1 Å². The smallest absolute Gasteiger partial charge is 0.282 e. The average molecular weight is 453 g/mol. The Balaban J connectivity index is 1.77. The molecule has 2 aromatic rings. The zero-order chi connectivity index (χ0) is 22.1. The second-order valence-electron chi connectivity index (χ2n) is 7.38. The van der Waals surface area contributed by atoms with Crippen molar-refractivity contribution in [2.45, 2.75) is 27.7 Å². The maximum absolute atomic E-state index is 13.2. The minimum atomic E-state index is -3.48. The Hall–Kier alpha value is -1.87. The zero-order valence-electron chi connectivity index (χ0n) is 17.9. The maximum atomic E-state index is 13.2. The first-order chi connectivity index (χ1) is 14.2. The lowest BCUT2D eigenvalue weighted by molar-refractivity contribution is 0.0693. The van der Waals surface area contributed by atoms with Gasteiger partial charge in [0.1, 0.15) is 0 Å². The number of piperazine rings is 1. The van der Waals surface area contributed by atoms with Gasteiger partial charge in [-0.05, 0) is 38.1 Å². The van der Waals surface area contributed by atoms with E-state index in [1.807, 2.05) is 62.6 Å². The highest BCUT2D eigenvalue weighted by molar-refractivity contribution is 7.86. The molecule has 0 aliphatic carbocycles. The fourth-order valence-corrected chi connectivity index (χ4v) is 5.79. The summed E-state index contributed by atoms with van der Waals surface area (Å²) in [6, 6.07) is 9.41. The molecule has 0 saturated carbocycles. The molecular formula is C21H29ClN4O3S. The molecular weight excluding hydrogens is 424 g/mol. The molecule has 1 saturated heterocycles. The summed E-state index contributed by atoms with van der Waals surface area (Å²) in [6.45, 7) is 9.77. The van der Waals surface area contributed by atoms with Gasteiger partial charge in [0.05, 0.1) is 5.56 Å². The van der Waals surface area contributed by atoms with Gasteiger partial charge in [-0.25, -0.2) is 0 Å². The molecule has 1 aromatic carbocycles. The van der Waals surface area contributed by atoms with Gasteiger partial charge in [0.15, 0.2) is 0 Å². The Bertz CT molecular complexity index is 1020. The van der Waals surface area contributed by atoms with Crippen LogP contribution >= 0.6 is 11.6 Å². The van der Waals surface area contributed by atoms with E-state index < -0.39 is 10.2 Å². The molecule has 2 heterocycles. The van der Waals surface area contributed by atoms with Crippen LogP contribution in [-0.2, 0) is 10.2 Å². The van der Waals surface area contributed by atoms with E-state index in [2.05, 4.69) is 0 Å². The fraction of sp³-hybridized carbons (Fsp3) is 0.476. The van der Waals surface area contributed by atoms with Crippen molar-refractivity contribution in [1.29, 1.82) is 0 Å². The highest BCUT2D eigenvalue weighted by Crippen LogP contribution is 2.24. The first-order valence-electron chi connectivity index (χ1n) is 10.2. The molecule has 1 fully saturated rings. The number of benzene rings is 1. The lowest BCUT2D eigenvalue weighted by Gasteiger charge is -2.36. The number of halogens is 1. The summed E-state index contributed by atoms with van der Waals surface area (Å²) in [5.41, 5.74) is 3.33. The fourth-order valence-electron chi connectivity index (χ4n) is 4.00. The molecule has 1 amide bonds. The highest BCUT2D eigenvalue weighted by atomic mass is 35.5. The zero-order valence-corrected chi connectivity index (χ0v) is 19.5. The van der Waals surface area contributed by atoms with Crippen molar-refractivity contribution in [3.63, 3.8) is 0 Å². The number of hydrogen-bond acceptors (Lipinski definition) is 3. The third-order valence-electron chi connectivity index (χ3n) is 5.61. The van der Waals surface area contributed by atoms with Gasteiger partial charge in [-0.2, -0.15) is 17.0 Å². The van der Waals surface area contributed by atoms with E-state index in [1.54, 1.807) is 4.90 Å². The molecule has 1 aliphatic rings. The summed E-state index contributed by atoms with van der Waals surface area (Å²) in [6.07, 6.45) is 0. The van der Waals surface area contributed by atoms with Gasteiger partial charge in [-0.15, -0.1) is 0 Å². The first kappa shape index (κ1) is 22.8. The van der Waals surface area contributed by atoms with E-state index in [-0.39, 0.29) is 5.91 Å². The van der Waals surface area contributed by atoms with Crippen LogP contribution in [0.15, 0.2) is 30.3 Å². The van der Waals surface area contributed by atoms with Crippen molar-refractivity contribution >= 4 is 27.7 Å². The Kier molecular flexibility index (Phi) is 6.91. The van der Waals surface area contributed by atoms with Crippen LogP contribution in [0.25, 0.3) is 5.69 Å². The molecule has 0 bridgehead atoms. The molecule has 0 radical (unpaired) electrons. The molecule has 0 spiro atoms. The summed E-state index contributed by atoms with van der Waals surface area (Å²) in [5.74, 6) is -0.0729. The van der Waals surface area contributed by atoms with Crippen LogP contribution in [0.3, 0.4) is 0 Å². The van der Waals surface area contributed by atoms with Gasteiger partial charge in [0, 0.05) is 61.4 Å². The number of nitrogens with zero attached hydrogens (tertiary/aromatic N) is 4. The molecule has 0 N–H and O–H groups in total. The minimum Gasteiger partial charge on any atom is -0.336 e. The molecule has 30 heavy (non-hydrogen) atoms. The van der Waals surface area contributed by atoms with Gasteiger partial charge in [-0.3, -0.25) is 4.79 Å². The number of amides is 1. The summed E-state index contributed by atoms with van der Waals surface area (Å²) in [7, 11) is -3.48. The summed E-state index contributed by atoms with van der Waals surface area (Å²) < 4.78 is 30.4. The lowest BCUT2D eigenvalue weighted by Crippen LogP contribution is -2.54. The number of aromatic nitrogens is 1. The van der Waals surface area contributed by atoms with E-state index in [9.17, 15) is 13.2 Å². The standard InChI is InChI=1S/C21H29ClN4O3S/c1-5-24(6-2)30(28,29)25-12-10-23(11-13-25)21(27)20-14-16(3)26(17(20)4)19-9-7-8-18(22)15-19/h7-9,14-15H,5-6,10-13H2,1-4H3. The largest absolute Gasteiger partial charge is 0.336 e. The molecule has 1 aromatic heterocycles. The van der Waals surface area contributed by atoms with Crippen LogP contribution in [-0.4, -0.2) is 71.7 Å². The normalized spacial score (nSPS) is 15.7. The molecule has 7 nitrogen and oxygen atoms in total. The van der Waals surface area contributed by atoms with E-state index in [4.69, 9.17) is 11.6 Å². The van der Waals surface area contributed by atoms with Crippen molar-refractivity contribution in [2.24, 2.45) is 0 Å². The topological polar surface area (TPSA) is 65.9 Å². The number of rotatable bonds is 6. The molecule has 3 rings (SSSR count). The number of hydrogen-bond donors (Lipinski definition) is 0. The molecule has 1 aliphatic heterocycles. The van der Waals surface area contributed by atoms with Crippen LogP contribution in [0.4, 0.5) is 0 Å². The Morgan fingerprint density at radius 1 is 1.07 bits per heavy atom. The van der Waals surface area contributed by atoms with Gasteiger partial charge in [0.2, 0.25) is 0 Å². The van der Waals surface area contributed by atoms with E-state index >= 15 is 0 Å². The van der Waals surface area contributed by atoms with Crippen molar-refractivity contribution in [3.05, 3.63) is 52.3 Å². The Morgan fingerprint density at radius 2 is 1.70 bits per heavy atom. The van der Waals surface area contributed by atoms with Crippen LogP contribution < -0.4 is 0 Å². The SMILES string of the molecule is CCN(CC)S(=O)(=O)N1CCN(C(=O)c2cc(C)n(-c3cccc(Cl)c3)c2C)CC1. The number of carbonyl (C=O) groups is 1. The van der Waals surface area contributed by atoms with Crippen LogP contribution in [0.5, 0.6) is 0 Å². The first-order valence-corrected chi connectivity index (χ1v) is 12.0. The van der Waals surface area contributed by atoms with E-state index in [1.165, 1.54) is 8.61 Å². The summed E-state index contributed by atoms with van der Waals surface area (Å²) in [4.78, 5) is 14.9. The van der Waals surface area contributed by atoms with Gasteiger partial charge in [-0.1, -0.05) is 31.5 Å². The predicted octanol–water partition coefficient (Wildman–Crippen LogP) is 3.09. The van der Waals surface area contributed by atoms with Crippen molar-refractivity contribution in [1.82, 2.24) is 18.1 Å². The Morgan fingerprint density at radius 3 is 2.27 bits per heavy atom. The third kappa shape index (κ3) is 4.27. The molecule has 0 atom stereocenters. The van der Waals surface area contributed by atoms with Gasteiger partial charge in [0.25, 0.3) is 16.1 Å². The minimum absolute atomic E-state index is 0.0729. The van der Waals surface area contributed by atoms with Gasteiger partial charge >= 0.3 is 0 Å². The molecule has 0 unspecified atom stereocenters. The van der Waals surface area contributed by atoms with E-state index in [0.29, 0.717) is 49.9 Å². The summed E-state index contributed by atoms with van der Waals surface area (Å²) in [5, 5.41) is 0.637. The highest BCUT2D eigenvalue weighted by Gasteiger charge is 2.33. The second kappa shape index (κ2) is 9.09. The van der Waals surface area contributed by atoms with Crippen LogP contribution in [0.1, 0.15) is 35.6 Å². The predicted molar refractivity (Wildman–Crippen MR) is 120 cm³/mol. The van der Waals surface area contributed by atoms with Crippen molar-refractivity contribution < 1.29 is 13.2 Å². The second-order valence-corrected chi connectivity index (χ2v) is 9.75. The Labute approximate surface area is 184 Å². The van der Waals surface area contributed by atoms with Crippen molar-refractivity contribution in [3.8, 4) is 5.69 Å². The third-order valence-corrected chi connectivity index (χ3v) is 8.03. The molecule has 9 heteroatoms. The summed E-state index contributed by atoms with van der Waals surface area (Å²) >= 11 is 6.14. The average Bonchev–Trinajstić information content (AvgIpc) is 3.02.